The van der Waals surface area contributed by atoms with Crippen LogP contribution in [0.1, 0.15) is 30.9 Å². The molecule has 16 heavy (non-hydrogen) atoms. The highest BCUT2D eigenvalue weighted by atomic mass is 35.5. The van der Waals surface area contributed by atoms with E-state index in [1.165, 1.54) is 0 Å². The maximum absolute atomic E-state index is 8.74. The van der Waals surface area contributed by atoms with E-state index in [0.29, 0.717) is 5.15 Å². The predicted molar refractivity (Wildman–Crippen MR) is 65.9 cm³/mol. The van der Waals surface area contributed by atoms with Crippen LogP contribution in [0, 0.1) is 13.8 Å². The molecular formula is C11H18ClN3O. The van der Waals surface area contributed by atoms with Crippen LogP contribution in [0.15, 0.2) is 0 Å². The molecule has 1 atom stereocenters. The molecular weight excluding hydrogens is 226 g/mol. The van der Waals surface area contributed by atoms with Gasteiger partial charge in [0, 0.05) is 12.6 Å². The second-order valence-electron chi connectivity index (χ2n) is 4.00. The Balaban J connectivity index is 2.70. The van der Waals surface area contributed by atoms with Crippen molar-refractivity contribution in [2.45, 2.75) is 39.7 Å². The number of hydrogen-bond acceptors (Lipinski definition) is 4. The molecule has 0 aliphatic heterocycles. The van der Waals surface area contributed by atoms with Gasteiger partial charge in [0.15, 0.2) is 11.0 Å². The van der Waals surface area contributed by atoms with E-state index in [2.05, 4.69) is 22.4 Å². The fourth-order valence-electron chi connectivity index (χ4n) is 1.42. The summed E-state index contributed by atoms with van der Waals surface area (Å²) in [5.74, 6) is 0.771. The topological polar surface area (TPSA) is 58.0 Å². The highest BCUT2D eigenvalue weighted by molar-refractivity contribution is 6.30. The maximum Gasteiger partial charge on any atom is 0.155 e. The zero-order chi connectivity index (χ0) is 12.1. The fourth-order valence-corrected chi connectivity index (χ4v) is 1.60. The molecule has 1 aromatic heterocycles. The Kier molecular flexibility index (Phi) is 4.96. The van der Waals surface area contributed by atoms with Gasteiger partial charge in [-0.3, -0.25) is 0 Å². The number of anilines is 1. The molecule has 1 heterocycles. The van der Waals surface area contributed by atoms with Crippen LogP contribution in [0.3, 0.4) is 0 Å². The molecule has 2 N–H and O–H groups in total. The predicted octanol–water partition coefficient (Wildman–Crippen LogP) is 2.32. The zero-order valence-electron chi connectivity index (χ0n) is 9.92. The average Bonchev–Trinajstić information content (AvgIpc) is 2.27. The van der Waals surface area contributed by atoms with E-state index in [1.807, 2.05) is 13.8 Å². The summed E-state index contributed by atoms with van der Waals surface area (Å²) in [4.78, 5) is 0. The van der Waals surface area contributed by atoms with E-state index in [4.69, 9.17) is 16.7 Å². The quantitative estimate of drug-likeness (QED) is 0.833. The summed E-state index contributed by atoms with van der Waals surface area (Å²) in [7, 11) is 0. The van der Waals surface area contributed by atoms with Crippen molar-refractivity contribution in [1.82, 2.24) is 10.2 Å². The lowest BCUT2D eigenvalue weighted by Crippen LogP contribution is -2.18. The first-order valence-electron chi connectivity index (χ1n) is 5.43. The van der Waals surface area contributed by atoms with Crippen LogP contribution in [0.4, 0.5) is 5.82 Å². The Bertz CT molecular complexity index is 357. The van der Waals surface area contributed by atoms with E-state index in [1.54, 1.807) is 0 Å². The Morgan fingerprint density at radius 3 is 2.62 bits per heavy atom. The Labute approximate surface area is 101 Å². The van der Waals surface area contributed by atoms with Gasteiger partial charge in [-0.1, -0.05) is 11.6 Å². The fraction of sp³-hybridized carbons (Fsp3) is 0.636. The van der Waals surface area contributed by atoms with Crippen molar-refractivity contribution in [3.63, 3.8) is 0 Å². The average molecular weight is 244 g/mol. The summed E-state index contributed by atoms with van der Waals surface area (Å²) in [5.41, 5.74) is 1.98. The van der Waals surface area contributed by atoms with Gasteiger partial charge in [0.2, 0.25) is 0 Å². The van der Waals surface area contributed by atoms with Crippen molar-refractivity contribution in [3.05, 3.63) is 16.3 Å². The third-order valence-electron chi connectivity index (χ3n) is 2.64. The number of nitrogens with one attached hydrogen (secondary N) is 1. The van der Waals surface area contributed by atoms with Crippen molar-refractivity contribution < 1.29 is 5.11 Å². The second kappa shape index (κ2) is 6.01. The van der Waals surface area contributed by atoms with Crippen LogP contribution in [0.5, 0.6) is 0 Å². The molecule has 0 fully saturated rings. The van der Waals surface area contributed by atoms with Gasteiger partial charge in [-0.25, -0.2) is 0 Å². The van der Waals surface area contributed by atoms with E-state index in [0.717, 1.165) is 29.8 Å². The van der Waals surface area contributed by atoms with Crippen molar-refractivity contribution in [1.29, 1.82) is 0 Å². The first-order chi connectivity index (χ1) is 7.56. The normalized spacial score (nSPS) is 12.6. The summed E-state index contributed by atoms with van der Waals surface area (Å²) in [6.45, 7) is 6.17. The second-order valence-corrected chi connectivity index (χ2v) is 4.36. The van der Waals surface area contributed by atoms with Crippen LogP contribution >= 0.6 is 11.6 Å². The van der Waals surface area contributed by atoms with Gasteiger partial charge >= 0.3 is 0 Å². The number of hydrogen-bond donors (Lipinski definition) is 2. The van der Waals surface area contributed by atoms with Crippen molar-refractivity contribution in [2.75, 3.05) is 11.9 Å². The number of nitrogens with zero attached hydrogens (tertiary/aromatic N) is 2. The number of rotatable bonds is 5. The lowest BCUT2D eigenvalue weighted by Gasteiger charge is -2.16. The lowest BCUT2D eigenvalue weighted by molar-refractivity contribution is 0.282. The zero-order valence-corrected chi connectivity index (χ0v) is 10.7. The molecule has 0 aliphatic carbocycles. The highest BCUT2D eigenvalue weighted by Crippen LogP contribution is 2.21. The van der Waals surface area contributed by atoms with Gasteiger partial charge in [-0.2, -0.15) is 0 Å². The largest absolute Gasteiger partial charge is 0.396 e. The van der Waals surface area contributed by atoms with Crippen LogP contribution in [-0.4, -0.2) is 28.0 Å². The molecule has 0 spiro atoms. The standard InChI is InChI=1S/C11H18ClN3O/c1-7(5-4-6-16)13-11-9(3)8(2)10(12)14-15-11/h7,16H,4-6H2,1-3H3,(H,13,15). The molecule has 0 saturated heterocycles. The van der Waals surface area contributed by atoms with Crippen molar-refractivity contribution in [2.24, 2.45) is 0 Å². The third-order valence-corrected chi connectivity index (χ3v) is 3.00. The Hall–Kier alpha value is -0.870. The van der Waals surface area contributed by atoms with Gasteiger partial charge in [0.05, 0.1) is 0 Å². The van der Waals surface area contributed by atoms with Crippen LogP contribution in [0.25, 0.3) is 0 Å². The first-order valence-corrected chi connectivity index (χ1v) is 5.80. The van der Waals surface area contributed by atoms with Crippen LogP contribution < -0.4 is 5.32 Å². The third kappa shape index (κ3) is 3.32. The molecule has 0 saturated carbocycles. The molecule has 4 nitrogen and oxygen atoms in total. The maximum atomic E-state index is 8.74. The summed E-state index contributed by atoms with van der Waals surface area (Å²) in [6, 6.07) is 0.265. The first kappa shape index (κ1) is 13.2. The highest BCUT2D eigenvalue weighted by Gasteiger charge is 2.10. The molecule has 0 bridgehead atoms. The number of aliphatic hydroxyl groups is 1. The number of aromatic nitrogens is 2. The minimum absolute atomic E-state index is 0.219. The Morgan fingerprint density at radius 2 is 2.00 bits per heavy atom. The van der Waals surface area contributed by atoms with Crippen molar-refractivity contribution >= 4 is 17.4 Å². The van der Waals surface area contributed by atoms with Gasteiger partial charge in [-0.15, -0.1) is 10.2 Å². The molecule has 1 unspecified atom stereocenters. The van der Waals surface area contributed by atoms with Gasteiger partial charge < -0.3 is 10.4 Å². The number of aliphatic hydroxyl groups excluding tert-OH is 1. The lowest BCUT2D eigenvalue weighted by atomic mass is 10.1. The van der Waals surface area contributed by atoms with E-state index < -0.39 is 0 Å². The van der Waals surface area contributed by atoms with Crippen molar-refractivity contribution in [3.8, 4) is 0 Å². The summed E-state index contributed by atoms with van der Waals surface area (Å²) in [6.07, 6.45) is 1.69. The smallest absolute Gasteiger partial charge is 0.155 e. The molecule has 1 rings (SSSR count). The minimum atomic E-state index is 0.219. The summed E-state index contributed by atoms with van der Waals surface area (Å²) in [5, 5.41) is 20.4. The monoisotopic (exact) mass is 243 g/mol. The van der Waals surface area contributed by atoms with Gasteiger partial charge in [0.1, 0.15) is 0 Å². The minimum Gasteiger partial charge on any atom is -0.396 e. The van der Waals surface area contributed by atoms with Crippen LogP contribution in [0.2, 0.25) is 5.15 Å². The van der Waals surface area contributed by atoms with E-state index in [-0.39, 0.29) is 12.6 Å². The van der Waals surface area contributed by atoms with E-state index in [9.17, 15) is 0 Å². The Morgan fingerprint density at radius 1 is 1.31 bits per heavy atom. The molecule has 90 valence electrons. The summed E-state index contributed by atoms with van der Waals surface area (Å²) >= 11 is 5.87. The molecule has 0 radical (unpaired) electrons. The number of halogens is 1. The molecule has 0 aliphatic rings. The molecule has 0 amide bonds. The summed E-state index contributed by atoms with van der Waals surface area (Å²) < 4.78 is 0. The molecule has 1 aromatic rings. The molecule has 0 aromatic carbocycles. The molecule has 5 heteroatoms. The SMILES string of the molecule is Cc1c(Cl)nnc(NC(C)CCCO)c1C. The van der Waals surface area contributed by atoms with Gasteiger partial charge in [0.25, 0.3) is 0 Å². The van der Waals surface area contributed by atoms with Crippen LogP contribution in [-0.2, 0) is 0 Å². The van der Waals surface area contributed by atoms with Gasteiger partial charge in [-0.05, 0) is 44.7 Å². The van der Waals surface area contributed by atoms with E-state index >= 15 is 0 Å².